The van der Waals surface area contributed by atoms with E-state index in [0.29, 0.717) is 12.2 Å². The van der Waals surface area contributed by atoms with Crippen LogP contribution < -0.4 is 27.4 Å². The van der Waals surface area contributed by atoms with E-state index in [4.69, 9.17) is 16.6 Å². The lowest BCUT2D eigenvalue weighted by Crippen LogP contribution is -2.57. The van der Waals surface area contributed by atoms with E-state index in [0.717, 1.165) is 0 Å². The first-order chi connectivity index (χ1) is 15.3. The zero-order valence-electron chi connectivity index (χ0n) is 18.8. The molecule has 0 aromatic carbocycles. The number of aliphatic carboxylic acids is 2. The zero-order valence-corrected chi connectivity index (χ0v) is 19.6. The molecule has 0 aromatic rings. The third-order valence-electron chi connectivity index (χ3n) is 4.34. The maximum absolute atomic E-state index is 12.7. The van der Waals surface area contributed by atoms with Crippen LogP contribution >= 0.6 is 11.8 Å². The van der Waals surface area contributed by atoms with Crippen molar-refractivity contribution in [1.82, 2.24) is 16.0 Å². The van der Waals surface area contributed by atoms with Gasteiger partial charge in [0.2, 0.25) is 23.6 Å². The molecule has 188 valence electrons. The predicted molar refractivity (Wildman–Crippen MR) is 120 cm³/mol. The molecule has 0 aliphatic carbocycles. The van der Waals surface area contributed by atoms with Gasteiger partial charge in [-0.05, 0) is 30.8 Å². The lowest BCUT2D eigenvalue weighted by Gasteiger charge is -2.24. The fourth-order valence-electron chi connectivity index (χ4n) is 2.73. The monoisotopic (exact) mass is 491 g/mol. The molecule has 4 atom stereocenters. The molecule has 0 saturated carbocycles. The Morgan fingerprint density at radius 3 is 1.82 bits per heavy atom. The zero-order chi connectivity index (χ0) is 25.7. The number of carboxylic acid groups (broad SMARTS) is 2. The Morgan fingerprint density at radius 1 is 0.848 bits per heavy atom. The minimum atomic E-state index is -1.60. The fourth-order valence-corrected chi connectivity index (χ4v) is 3.20. The number of carbonyl (C=O) groups excluding carboxylic acids is 4. The molecule has 13 nitrogen and oxygen atoms in total. The summed E-state index contributed by atoms with van der Waals surface area (Å²) in [5, 5.41) is 25.1. The molecule has 0 rings (SSSR count). The highest BCUT2D eigenvalue weighted by atomic mass is 32.2. The summed E-state index contributed by atoms with van der Waals surface area (Å²) in [6.07, 6.45) is 0.705. The van der Waals surface area contributed by atoms with E-state index in [1.807, 2.05) is 13.8 Å². The number of rotatable bonds is 16. The number of carboxylic acids is 2. The van der Waals surface area contributed by atoms with E-state index in [9.17, 15) is 33.9 Å². The third-order valence-corrected chi connectivity index (χ3v) is 4.98. The van der Waals surface area contributed by atoms with E-state index in [1.165, 1.54) is 11.8 Å². The Morgan fingerprint density at radius 2 is 1.36 bits per heavy atom. The predicted octanol–water partition coefficient (Wildman–Crippen LogP) is -2.00. The van der Waals surface area contributed by atoms with Crippen LogP contribution in [-0.4, -0.2) is 82.0 Å². The van der Waals surface area contributed by atoms with E-state index in [2.05, 4.69) is 16.0 Å². The second-order valence-electron chi connectivity index (χ2n) is 7.81. The van der Waals surface area contributed by atoms with Crippen LogP contribution in [0.2, 0.25) is 0 Å². The molecule has 0 aliphatic heterocycles. The summed E-state index contributed by atoms with van der Waals surface area (Å²) in [5.41, 5.74) is 10.8. The summed E-state index contributed by atoms with van der Waals surface area (Å²) in [6.45, 7) is 3.68. The number of amides is 4. The molecule has 0 fully saturated rings. The Hall–Kier alpha value is -2.87. The van der Waals surface area contributed by atoms with Gasteiger partial charge >= 0.3 is 11.9 Å². The first kappa shape index (κ1) is 30.1. The number of nitrogens with one attached hydrogen (secondary N) is 3. The van der Waals surface area contributed by atoms with Crippen LogP contribution in [-0.2, 0) is 28.8 Å². The quantitative estimate of drug-likeness (QED) is 0.125. The normalized spacial score (nSPS) is 14.5. The van der Waals surface area contributed by atoms with Crippen molar-refractivity contribution in [1.29, 1.82) is 0 Å². The van der Waals surface area contributed by atoms with Gasteiger partial charge in [0.1, 0.15) is 18.1 Å². The fraction of sp³-hybridized carbons (Fsp3) is 0.684. The molecule has 0 saturated heterocycles. The molecule has 0 spiro atoms. The molecule has 0 aromatic heterocycles. The van der Waals surface area contributed by atoms with Crippen LogP contribution in [0.5, 0.6) is 0 Å². The van der Waals surface area contributed by atoms with Gasteiger partial charge in [0.15, 0.2) is 0 Å². The smallest absolute Gasteiger partial charge is 0.326 e. The number of carbonyl (C=O) groups is 6. The van der Waals surface area contributed by atoms with Crippen LogP contribution in [0.15, 0.2) is 0 Å². The maximum Gasteiger partial charge on any atom is 0.326 e. The van der Waals surface area contributed by atoms with Crippen molar-refractivity contribution >= 4 is 47.3 Å². The highest BCUT2D eigenvalue weighted by molar-refractivity contribution is 7.98. The van der Waals surface area contributed by atoms with Crippen molar-refractivity contribution in [3.8, 4) is 0 Å². The lowest BCUT2D eigenvalue weighted by atomic mass is 10.0. The second-order valence-corrected chi connectivity index (χ2v) is 8.79. The molecular weight excluding hydrogens is 458 g/mol. The maximum atomic E-state index is 12.7. The SMILES string of the molecule is CSCCC(NC(=O)C(CC(=O)O)NC(=O)C(N)CC(C)C)C(=O)NC(CC(N)=O)C(=O)O. The summed E-state index contributed by atoms with van der Waals surface area (Å²) in [7, 11) is 0. The molecular formula is C19H33N5O8S. The Labute approximate surface area is 195 Å². The second kappa shape index (κ2) is 15.1. The van der Waals surface area contributed by atoms with Gasteiger partial charge in [-0.2, -0.15) is 11.8 Å². The highest BCUT2D eigenvalue weighted by Crippen LogP contribution is 2.06. The minimum absolute atomic E-state index is 0.0717. The average Bonchev–Trinajstić information content (AvgIpc) is 2.68. The third kappa shape index (κ3) is 12.7. The average molecular weight is 492 g/mol. The van der Waals surface area contributed by atoms with Gasteiger partial charge in [0, 0.05) is 0 Å². The van der Waals surface area contributed by atoms with Crippen LogP contribution in [0, 0.1) is 5.92 Å². The van der Waals surface area contributed by atoms with Crippen LogP contribution in [0.3, 0.4) is 0 Å². The number of primary amides is 1. The molecule has 0 heterocycles. The Kier molecular flexibility index (Phi) is 13.7. The van der Waals surface area contributed by atoms with Crippen molar-refractivity contribution in [3.63, 3.8) is 0 Å². The van der Waals surface area contributed by atoms with E-state index >= 15 is 0 Å². The standard InChI is InChI=1S/C19H33N5O8S/c1-9(2)6-10(20)16(28)23-12(8-15(26)27)18(30)22-11(4-5-33-3)17(29)24-13(19(31)32)7-14(21)25/h9-13H,4-8,20H2,1-3H3,(H2,21,25)(H,22,30)(H,23,28)(H,24,29)(H,26,27)(H,31,32). The van der Waals surface area contributed by atoms with Crippen molar-refractivity contribution in [2.75, 3.05) is 12.0 Å². The Balaban J connectivity index is 5.49. The van der Waals surface area contributed by atoms with Crippen LogP contribution in [0.1, 0.15) is 39.5 Å². The minimum Gasteiger partial charge on any atom is -0.481 e. The highest BCUT2D eigenvalue weighted by Gasteiger charge is 2.31. The van der Waals surface area contributed by atoms with Crippen LogP contribution in [0.4, 0.5) is 0 Å². The molecule has 4 unspecified atom stereocenters. The summed E-state index contributed by atoms with van der Waals surface area (Å²) in [5.74, 6) is -5.91. The molecule has 9 N–H and O–H groups in total. The van der Waals surface area contributed by atoms with Crippen LogP contribution in [0.25, 0.3) is 0 Å². The lowest BCUT2D eigenvalue weighted by molar-refractivity contribution is -0.144. The summed E-state index contributed by atoms with van der Waals surface area (Å²) >= 11 is 1.35. The van der Waals surface area contributed by atoms with Crippen molar-refractivity contribution in [2.24, 2.45) is 17.4 Å². The van der Waals surface area contributed by atoms with Gasteiger partial charge in [-0.25, -0.2) is 4.79 Å². The van der Waals surface area contributed by atoms with Gasteiger partial charge < -0.3 is 37.6 Å². The van der Waals surface area contributed by atoms with E-state index in [-0.39, 0.29) is 12.3 Å². The molecule has 14 heteroatoms. The largest absolute Gasteiger partial charge is 0.481 e. The van der Waals surface area contributed by atoms with Gasteiger partial charge in [-0.15, -0.1) is 0 Å². The summed E-state index contributed by atoms with van der Waals surface area (Å²) in [4.78, 5) is 71.2. The van der Waals surface area contributed by atoms with Crippen molar-refractivity contribution < 1.29 is 39.0 Å². The summed E-state index contributed by atoms with van der Waals surface area (Å²) in [6, 6.07) is -5.34. The van der Waals surface area contributed by atoms with E-state index in [1.54, 1.807) is 6.26 Å². The van der Waals surface area contributed by atoms with Gasteiger partial charge in [-0.3, -0.25) is 24.0 Å². The number of thioether (sulfide) groups is 1. The molecule has 0 radical (unpaired) electrons. The van der Waals surface area contributed by atoms with Crippen molar-refractivity contribution in [2.45, 2.75) is 63.7 Å². The molecule has 4 amide bonds. The topological polar surface area (TPSA) is 231 Å². The number of nitrogens with two attached hydrogens (primary N) is 2. The first-order valence-corrected chi connectivity index (χ1v) is 11.6. The van der Waals surface area contributed by atoms with E-state index < -0.39 is 72.6 Å². The van der Waals surface area contributed by atoms with Crippen molar-refractivity contribution in [3.05, 3.63) is 0 Å². The summed E-state index contributed by atoms with van der Waals surface area (Å²) < 4.78 is 0. The molecule has 0 bridgehead atoms. The Bertz CT molecular complexity index is 733. The van der Waals surface area contributed by atoms with Gasteiger partial charge in [0.05, 0.1) is 18.9 Å². The number of hydrogen-bond donors (Lipinski definition) is 7. The first-order valence-electron chi connectivity index (χ1n) is 10.2. The van der Waals surface area contributed by atoms with Gasteiger partial charge in [-0.1, -0.05) is 13.8 Å². The van der Waals surface area contributed by atoms with Gasteiger partial charge in [0.25, 0.3) is 0 Å². The number of hydrogen-bond acceptors (Lipinski definition) is 8. The molecule has 33 heavy (non-hydrogen) atoms. The molecule has 0 aliphatic rings.